The van der Waals surface area contributed by atoms with E-state index in [-0.39, 0.29) is 0 Å². The average Bonchev–Trinajstić information content (AvgIpc) is 2.64. The quantitative estimate of drug-likeness (QED) is 0.460. The van der Waals surface area contributed by atoms with Gasteiger partial charge in [0.05, 0.1) is 0 Å². The summed E-state index contributed by atoms with van der Waals surface area (Å²) in [6.45, 7) is 4.38. The van der Waals surface area contributed by atoms with Gasteiger partial charge in [-0.25, -0.2) is 0 Å². The first-order valence-electron chi connectivity index (χ1n) is 7.84. The van der Waals surface area contributed by atoms with Crippen molar-refractivity contribution in [3.05, 3.63) is 64.1 Å². The minimum absolute atomic E-state index is 0.615. The molecule has 5 heteroatoms. The molecule has 0 bridgehead atoms. The minimum atomic E-state index is -1.02. The van der Waals surface area contributed by atoms with E-state index in [4.69, 9.17) is 0 Å². The Bertz CT molecular complexity index is 821. The van der Waals surface area contributed by atoms with Gasteiger partial charge in [-0.15, -0.1) is 0 Å². The van der Waals surface area contributed by atoms with Gasteiger partial charge < -0.3 is 0 Å². The van der Waals surface area contributed by atoms with Crippen LogP contribution in [0.4, 0.5) is 11.6 Å². The normalized spacial score (nSPS) is 11.2. The number of anilines is 2. The summed E-state index contributed by atoms with van der Waals surface area (Å²) in [5.41, 5.74) is 4.15. The molecule has 24 heavy (non-hydrogen) atoms. The van der Waals surface area contributed by atoms with Crippen LogP contribution in [-0.2, 0) is 0 Å². The molecule has 2 heterocycles. The second kappa shape index (κ2) is 7.70. The molecule has 0 aliphatic carbocycles. The molecular weight excluding hydrogens is 411 g/mol. The SMILES string of the molecule is CCI(C)c1ccc(C)c(Nc2nccc(-c3cccnc3)n2)c1. The fraction of sp³-hybridized carbons (Fsp3) is 0.211. The van der Waals surface area contributed by atoms with Gasteiger partial charge in [0.15, 0.2) is 0 Å². The van der Waals surface area contributed by atoms with Crippen LogP contribution in [0.1, 0.15) is 12.5 Å². The first-order valence-corrected chi connectivity index (χ1v) is 12.6. The Kier molecular flexibility index (Phi) is 5.40. The Labute approximate surface area is 150 Å². The third-order valence-electron chi connectivity index (χ3n) is 3.83. The topological polar surface area (TPSA) is 50.7 Å². The van der Waals surface area contributed by atoms with Crippen LogP contribution in [-0.4, -0.2) is 24.3 Å². The number of hydrogen-bond acceptors (Lipinski definition) is 4. The molecule has 3 rings (SSSR count). The van der Waals surface area contributed by atoms with Crippen molar-refractivity contribution < 1.29 is 0 Å². The van der Waals surface area contributed by atoms with Crippen molar-refractivity contribution >= 4 is 31.5 Å². The summed E-state index contributed by atoms with van der Waals surface area (Å²) in [5.74, 6) is 0.615. The molecule has 0 aliphatic heterocycles. The molecule has 4 nitrogen and oxygen atoms in total. The van der Waals surface area contributed by atoms with Gasteiger partial charge in [-0.3, -0.25) is 0 Å². The fourth-order valence-corrected chi connectivity index (χ4v) is 4.82. The maximum atomic E-state index is 4.62. The van der Waals surface area contributed by atoms with Crippen LogP contribution in [0.2, 0.25) is 0 Å². The zero-order chi connectivity index (χ0) is 16.9. The number of hydrogen-bond donors (Lipinski definition) is 1. The zero-order valence-electron chi connectivity index (χ0n) is 14.1. The van der Waals surface area contributed by atoms with Gasteiger partial charge in [-0.05, 0) is 0 Å². The van der Waals surface area contributed by atoms with Crippen molar-refractivity contribution in [1.82, 2.24) is 15.0 Å². The van der Waals surface area contributed by atoms with Gasteiger partial charge in [-0.1, -0.05) is 0 Å². The van der Waals surface area contributed by atoms with Crippen molar-refractivity contribution in [3.8, 4) is 11.3 Å². The number of halogens is 1. The van der Waals surface area contributed by atoms with Gasteiger partial charge in [-0.2, -0.15) is 0 Å². The number of nitrogens with one attached hydrogen (secondary N) is 1. The molecule has 0 saturated heterocycles. The summed E-state index contributed by atoms with van der Waals surface area (Å²) < 4.78 is 2.76. The third-order valence-corrected chi connectivity index (χ3v) is 8.92. The molecule has 0 unspecified atom stereocenters. The van der Waals surface area contributed by atoms with Crippen molar-refractivity contribution in [1.29, 1.82) is 0 Å². The van der Waals surface area contributed by atoms with E-state index >= 15 is 0 Å². The molecule has 0 radical (unpaired) electrons. The van der Waals surface area contributed by atoms with Crippen molar-refractivity contribution in [2.24, 2.45) is 0 Å². The number of alkyl halides is 2. The monoisotopic (exact) mass is 432 g/mol. The van der Waals surface area contributed by atoms with E-state index in [0.29, 0.717) is 5.95 Å². The molecular formula is C19H21IN4. The maximum absolute atomic E-state index is 4.62. The third kappa shape index (κ3) is 3.90. The molecule has 0 saturated carbocycles. The van der Waals surface area contributed by atoms with E-state index in [1.165, 1.54) is 13.6 Å². The van der Waals surface area contributed by atoms with E-state index < -0.39 is 19.8 Å². The summed E-state index contributed by atoms with van der Waals surface area (Å²) in [5, 5.41) is 3.38. The molecule has 2 aromatic heterocycles. The molecule has 0 fully saturated rings. The van der Waals surface area contributed by atoms with Crippen LogP contribution >= 0.6 is 19.8 Å². The Morgan fingerprint density at radius 1 is 1.12 bits per heavy atom. The second-order valence-corrected chi connectivity index (χ2v) is 11.6. The van der Waals surface area contributed by atoms with Crippen LogP contribution in [0.15, 0.2) is 55.0 Å². The fourth-order valence-electron chi connectivity index (χ4n) is 2.30. The van der Waals surface area contributed by atoms with Crippen LogP contribution < -0.4 is 5.32 Å². The summed E-state index contributed by atoms with van der Waals surface area (Å²) in [6, 6.07) is 12.5. The van der Waals surface area contributed by atoms with Crippen LogP contribution in [0, 0.1) is 10.5 Å². The number of aromatic nitrogens is 3. The molecule has 0 spiro atoms. The Morgan fingerprint density at radius 3 is 2.75 bits per heavy atom. The Balaban J connectivity index is 1.89. The van der Waals surface area contributed by atoms with Gasteiger partial charge in [0.2, 0.25) is 0 Å². The van der Waals surface area contributed by atoms with E-state index in [0.717, 1.165) is 16.9 Å². The summed E-state index contributed by atoms with van der Waals surface area (Å²) >= 11 is -1.02. The average molecular weight is 432 g/mol. The van der Waals surface area contributed by atoms with E-state index in [1.807, 2.05) is 24.4 Å². The first-order chi connectivity index (χ1) is 11.7. The van der Waals surface area contributed by atoms with Gasteiger partial charge in [0, 0.05) is 0 Å². The number of aryl methyl sites for hydroxylation is 1. The number of benzene rings is 1. The summed E-state index contributed by atoms with van der Waals surface area (Å²) in [4.78, 5) is 15.5. The van der Waals surface area contributed by atoms with Crippen LogP contribution in [0.3, 0.4) is 0 Å². The predicted octanol–water partition coefficient (Wildman–Crippen LogP) is 4.92. The van der Waals surface area contributed by atoms with Crippen molar-refractivity contribution in [2.75, 3.05) is 14.7 Å². The Hall–Kier alpha value is -2.02. The summed E-state index contributed by atoms with van der Waals surface area (Å²) in [7, 11) is 0. The molecule has 124 valence electrons. The molecule has 3 aromatic rings. The van der Waals surface area contributed by atoms with Gasteiger partial charge >= 0.3 is 150 Å². The van der Waals surface area contributed by atoms with Crippen LogP contribution in [0.5, 0.6) is 0 Å². The molecule has 1 N–H and O–H groups in total. The van der Waals surface area contributed by atoms with Gasteiger partial charge in [0.25, 0.3) is 0 Å². The first kappa shape index (κ1) is 16.8. The molecule has 0 atom stereocenters. The Morgan fingerprint density at radius 2 is 2.00 bits per heavy atom. The van der Waals surface area contributed by atoms with Crippen molar-refractivity contribution in [2.45, 2.75) is 13.8 Å². The molecule has 1 aromatic carbocycles. The number of rotatable bonds is 5. The number of nitrogens with zero attached hydrogens (tertiary/aromatic N) is 3. The van der Waals surface area contributed by atoms with E-state index in [9.17, 15) is 0 Å². The standard InChI is InChI=1S/C19H21IN4/c1-4-20(3)16-8-7-14(2)18(12-16)24-19-22-11-9-17(23-19)15-6-5-10-21-13-15/h5-13H,4H2,1-3H3,(H,22,23,24). The van der Waals surface area contributed by atoms with Crippen molar-refractivity contribution in [3.63, 3.8) is 0 Å². The van der Waals surface area contributed by atoms with E-state index in [2.05, 4.69) is 57.2 Å². The zero-order valence-corrected chi connectivity index (χ0v) is 16.3. The summed E-state index contributed by atoms with van der Waals surface area (Å²) in [6.07, 6.45) is 5.35. The predicted molar refractivity (Wildman–Crippen MR) is 109 cm³/mol. The second-order valence-electron chi connectivity index (χ2n) is 5.45. The molecule has 0 aliphatic rings. The van der Waals surface area contributed by atoms with Crippen LogP contribution in [0.25, 0.3) is 11.3 Å². The molecule has 0 amide bonds. The van der Waals surface area contributed by atoms with E-state index in [1.54, 1.807) is 12.4 Å². The van der Waals surface area contributed by atoms with Gasteiger partial charge in [0.1, 0.15) is 0 Å². The number of pyridine rings is 1.